The molecular weight excluding hydrogens is 268 g/mol. The second-order valence-electron chi connectivity index (χ2n) is 5.42. The predicted molar refractivity (Wildman–Crippen MR) is 82.5 cm³/mol. The van der Waals surface area contributed by atoms with Crippen LogP contribution in [0.1, 0.15) is 60.8 Å². The van der Waals surface area contributed by atoms with Crippen LogP contribution in [0.15, 0.2) is 11.6 Å². The summed E-state index contributed by atoms with van der Waals surface area (Å²) in [5.74, 6) is 5.12. The van der Waals surface area contributed by atoms with E-state index in [0.29, 0.717) is 12.8 Å². The summed E-state index contributed by atoms with van der Waals surface area (Å²) in [4.78, 5) is 22.2. The van der Waals surface area contributed by atoms with Crippen molar-refractivity contribution in [3.63, 3.8) is 0 Å². The molecule has 0 aliphatic rings. The van der Waals surface area contributed by atoms with Crippen LogP contribution in [0.5, 0.6) is 0 Å². The number of hydrogen-bond donors (Lipinski definition) is 0. The second kappa shape index (κ2) is 9.23. The Bertz CT molecular complexity index is 449. The fourth-order valence-corrected chi connectivity index (χ4v) is 1.74. The van der Waals surface area contributed by atoms with E-state index in [1.807, 2.05) is 20.8 Å². The summed E-state index contributed by atoms with van der Waals surface area (Å²) in [5, 5.41) is 0. The summed E-state index contributed by atoms with van der Waals surface area (Å²) in [6, 6.07) is 0. The standard InChI is InChI=1S/C17H26O4/c1-7-16(20-14(4)18)10-12-17(6,21-15(5)19)11-8-9-13(2)3/h9,16H,7-8,11H2,1-6H3/t16-,17-/m1/s1. The Hall–Kier alpha value is -1.76. The first-order valence-corrected chi connectivity index (χ1v) is 7.21. The molecule has 0 bridgehead atoms. The number of allylic oxidation sites excluding steroid dienone is 2. The van der Waals surface area contributed by atoms with Crippen LogP contribution in [0.4, 0.5) is 0 Å². The lowest BCUT2D eigenvalue weighted by atomic mass is 9.99. The van der Waals surface area contributed by atoms with Gasteiger partial charge in [-0.05, 0) is 33.6 Å². The van der Waals surface area contributed by atoms with Gasteiger partial charge >= 0.3 is 11.9 Å². The van der Waals surface area contributed by atoms with Crippen molar-refractivity contribution < 1.29 is 19.1 Å². The summed E-state index contributed by atoms with van der Waals surface area (Å²) in [6.07, 6.45) is 3.57. The van der Waals surface area contributed by atoms with Gasteiger partial charge in [-0.2, -0.15) is 0 Å². The normalized spacial score (nSPS) is 14.0. The number of hydrogen-bond acceptors (Lipinski definition) is 4. The average Bonchev–Trinajstić information content (AvgIpc) is 2.32. The van der Waals surface area contributed by atoms with Gasteiger partial charge in [0.2, 0.25) is 0 Å². The highest BCUT2D eigenvalue weighted by atomic mass is 16.6. The van der Waals surface area contributed by atoms with Gasteiger partial charge in [-0.25, -0.2) is 0 Å². The summed E-state index contributed by atoms with van der Waals surface area (Å²) >= 11 is 0. The highest BCUT2D eigenvalue weighted by Crippen LogP contribution is 2.18. The van der Waals surface area contributed by atoms with Crippen molar-refractivity contribution in [2.75, 3.05) is 0 Å². The van der Waals surface area contributed by atoms with Crippen molar-refractivity contribution in [2.24, 2.45) is 0 Å². The molecule has 0 heterocycles. The van der Waals surface area contributed by atoms with Gasteiger partial charge in [-0.1, -0.05) is 30.4 Å². The van der Waals surface area contributed by atoms with Crippen LogP contribution in [0.2, 0.25) is 0 Å². The van der Waals surface area contributed by atoms with Crippen LogP contribution < -0.4 is 0 Å². The highest BCUT2D eigenvalue weighted by Gasteiger charge is 2.24. The van der Waals surface area contributed by atoms with Crippen LogP contribution in [-0.2, 0) is 19.1 Å². The Balaban J connectivity index is 5.00. The Morgan fingerprint density at radius 2 is 1.81 bits per heavy atom. The van der Waals surface area contributed by atoms with Gasteiger partial charge in [-0.3, -0.25) is 9.59 Å². The van der Waals surface area contributed by atoms with Crippen molar-refractivity contribution in [1.82, 2.24) is 0 Å². The third kappa shape index (κ3) is 9.73. The first-order valence-electron chi connectivity index (χ1n) is 7.21. The molecule has 118 valence electrons. The Kier molecular flexibility index (Phi) is 8.45. The van der Waals surface area contributed by atoms with Crippen LogP contribution in [0, 0.1) is 11.8 Å². The fraction of sp³-hybridized carbons (Fsp3) is 0.647. The lowest BCUT2D eigenvalue weighted by molar-refractivity contribution is -0.151. The van der Waals surface area contributed by atoms with E-state index in [4.69, 9.17) is 9.47 Å². The second-order valence-corrected chi connectivity index (χ2v) is 5.42. The largest absolute Gasteiger partial charge is 0.449 e. The van der Waals surface area contributed by atoms with E-state index in [1.165, 1.54) is 19.4 Å². The number of carbonyl (C=O) groups is 2. The molecule has 0 aliphatic heterocycles. The zero-order chi connectivity index (χ0) is 16.5. The molecule has 0 aromatic rings. The van der Waals surface area contributed by atoms with E-state index < -0.39 is 11.7 Å². The number of rotatable bonds is 6. The molecule has 4 nitrogen and oxygen atoms in total. The maximum atomic E-state index is 11.3. The minimum Gasteiger partial charge on any atom is -0.449 e. The smallest absolute Gasteiger partial charge is 0.304 e. The third-order valence-electron chi connectivity index (χ3n) is 2.72. The minimum absolute atomic E-state index is 0.366. The molecule has 0 aliphatic carbocycles. The Labute approximate surface area is 127 Å². The summed E-state index contributed by atoms with van der Waals surface area (Å²) in [6.45, 7) is 10.4. The predicted octanol–water partition coefficient (Wildman–Crippen LogP) is 3.40. The molecule has 0 spiro atoms. The quantitative estimate of drug-likeness (QED) is 0.428. The molecule has 0 saturated carbocycles. The zero-order valence-electron chi connectivity index (χ0n) is 13.9. The van der Waals surface area contributed by atoms with Crippen LogP contribution in [0.25, 0.3) is 0 Å². The van der Waals surface area contributed by atoms with E-state index in [0.717, 1.165) is 6.42 Å². The Morgan fingerprint density at radius 3 is 2.24 bits per heavy atom. The van der Waals surface area contributed by atoms with Gasteiger partial charge in [0.1, 0.15) is 0 Å². The molecule has 0 aromatic carbocycles. The molecule has 0 fully saturated rings. The average molecular weight is 294 g/mol. The molecule has 0 saturated heterocycles. The SMILES string of the molecule is CC[C@H](C#C[C@@](C)(CCC=C(C)C)OC(C)=O)OC(C)=O. The number of esters is 2. The maximum absolute atomic E-state index is 11.3. The minimum atomic E-state index is -0.870. The van der Waals surface area contributed by atoms with Gasteiger partial charge in [0.25, 0.3) is 0 Å². The van der Waals surface area contributed by atoms with Gasteiger partial charge in [0.15, 0.2) is 11.7 Å². The van der Waals surface area contributed by atoms with Crippen LogP contribution in [0.3, 0.4) is 0 Å². The molecule has 21 heavy (non-hydrogen) atoms. The van der Waals surface area contributed by atoms with Crippen LogP contribution >= 0.6 is 0 Å². The highest BCUT2D eigenvalue weighted by molar-refractivity contribution is 5.67. The summed E-state index contributed by atoms with van der Waals surface area (Å²) < 4.78 is 10.4. The van der Waals surface area contributed by atoms with E-state index >= 15 is 0 Å². The topological polar surface area (TPSA) is 52.6 Å². The zero-order valence-corrected chi connectivity index (χ0v) is 13.9. The van der Waals surface area contributed by atoms with Crippen molar-refractivity contribution in [2.45, 2.75) is 72.5 Å². The lowest BCUT2D eigenvalue weighted by Gasteiger charge is -2.23. The fourth-order valence-electron chi connectivity index (χ4n) is 1.74. The monoisotopic (exact) mass is 294 g/mol. The van der Waals surface area contributed by atoms with E-state index in [1.54, 1.807) is 6.92 Å². The van der Waals surface area contributed by atoms with Crippen molar-refractivity contribution in [3.05, 3.63) is 11.6 Å². The van der Waals surface area contributed by atoms with Crippen molar-refractivity contribution >= 4 is 11.9 Å². The Morgan fingerprint density at radius 1 is 1.19 bits per heavy atom. The summed E-state index contributed by atoms with van der Waals surface area (Å²) in [7, 11) is 0. The molecule has 0 aromatic heterocycles. The first-order chi connectivity index (χ1) is 9.68. The van der Waals surface area contributed by atoms with Crippen molar-refractivity contribution in [3.8, 4) is 11.8 Å². The molecule has 0 rings (SSSR count). The van der Waals surface area contributed by atoms with E-state index in [2.05, 4.69) is 17.9 Å². The van der Waals surface area contributed by atoms with Gasteiger partial charge in [-0.15, -0.1) is 0 Å². The molecule has 2 atom stereocenters. The molecule has 4 heteroatoms. The van der Waals surface area contributed by atoms with Gasteiger partial charge < -0.3 is 9.47 Å². The van der Waals surface area contributed by atoms with Gasteiger partial charge in [0.05, 0.1) is 0 Å². The third-order valence-corrected chi connectivity index (χ3v) is 2.72. The van der Waals surface area contributed by atoms with Gasteiger partial charge in [0, 0.05) is 20.3 Å². The molecule has 0 amide bonds. The lowest BCUT2D eigenvalue weighted by Crippen LogP contribution is -2.29. The number of ether oxygens (including phenoxy) is 2. The maximum Gasteiger partial charge on any atom is 0.304 e. The first kappa shape index (κ1) is 19.2. The molecule has 0 N–H and O–H groups in total. The molecule has 0 unspecified atom stereocenters. The van der Waals surface area contributed by atoms with Crippen LogP contribution in [-0.4, -0.2) is 23.6 Å². The summed E-state index contributed by atoms with van der Waals surface area (Å²) in [5.41, 5.74) is 0.338. The number of carbonyl (C=O) groups excluding carboxylic acids is 2. The van der Waals surface area contributed by atoms with Crippen molar-refractivity contribution in [1.29, 1.82) is 0 Å². The van der Waals surface area contributed by atoms with E-state index in [-0.39, 0.29) is 11.9 Å². The molecular formula is C17H26O4. The molecule has 0 radical (unpaired) electrons. The van der Waals surface area contributed by atoms with E-state index in [9.17, 15) is 9.59 Å².